The number of ketones is 1. The first kappa shape index (κ1) is 21.5. The molecule has 1 fully saturated rings. The molecular formula is C21H30N2O3S. The van der Waals surface area contributed by atoms with E-state index in [0.717, 1.165) is 0 Å². The Bertz CT molecular complexity index is 841. The van der Waals surface area contributed by atoms with Crippen LogP contribution in [-0.2, 0) is 14.8 Å². The highest BCUT2D eigenvalue weighted by Crippen LogP contribution is 2.33. The van der Waals surface area contributed by atoms with E-state index in [1.807, 2.05) is 26.0 Å². The average Bonchev–Trinajstić information content (AvgIpc) is 2.61. The molecule has 2 rings (SSSR count). The zero-order chi connectivity index (χ0) is 20.5. The lowest BCUT2D eigenvalue weighted by molar-refractivity contribution is -0.111. The van der Waals surface area contributed by atoms with Crippen LogP contribution in [0.2, 0.25) is 0 Å². The van der Waals surface area contributed by atoms with Gasteiger partial charge in [0.2, 0.25) is 10.0 Å². The van der Waals surface area contributed by atoms with Crippen molar-refractivity contribution in [2.24, 2.45) is 5.41 Å². The van der Waals surface area contributed by atoms with Crippen molar-refractivity contribution in [3.05, 3.63) is 60.3 Å². The van der Waals surface area contributed by atoms with Crippen molar-refractivity contribution in [3.8, 4) is 0 Å². The van der Waals surface area contributed by atoms with Crippen molar-refractivity contribution >= 4 is 15.8 Å². The molecule has 1 saturated heterocycles. The summed E-state index contributed by atoms with van der Waals surface area (Å²) >= 11 is 0. The van der Waals surface area contributed by atoms with Crippen LogP contribution in [0, 0.1) is 5.41 Å². The molecule has 1 N–H and O–H groups in total. The third-order valence-electron chi connectivity index (χ3n) is 4.99. The van der Waals surface area contributed by atoms with E-state index < -0.39 is 20.2 Å². The summed E-state index contributed by atoms with van der Waals surface area (Å²) in [6.07, 6.45) is 8.64. The number of allylic oxidation sites excluding steroid dienone is 6. The first-order valence-corrected chi connectivity index (χ1v) is 10.6. The van der Waals surface area contributed by atoms with E-state index in [-0.39, 0.29) is 5.78 Å². The van der Waals surface area contributed by atoms with Gasteiger partial charge in [0, 0.05) is 42.7 Å². The SMILES string of the molecule is C=C(C)C(=C)C(=O)C1=C/C(C)(C)/C=C\C(C)(S(=O)(=O)N2CCNCC2)/C=C\1. The van der Waals surface area contributed by atoms with Crippen LogP contribution in [-0.4, -0.2) is 49.4 Å². The van der Waals surface area contributed by atoms with Crippen molar-refractivity contribution in [2.75, 3.05) is 26.2 Å². The Morgan fingerprint density at radius 2 is 1.70 bits per heavy atom. The maximum Gasteiger partial charge on any atom is 0.226 e. The summed E-state index contributed by atoms with van der Waals surface area (Å²) in [6.45, 7) is 17.0. The standard InChI is InChI=1S/C21H30N2O3S/c1-16(2)17(3)19(24)18-7-8-21(6,10-9-20(4,5)15-18)27(25,26)23-13-11-22-12-14-23/h7-10,15,22H,1,3,11-14H2,2,4-6H3/b8-7-,10-9-,18-15+. The third kappa shape index (κ3) is 4.57. The highest BCUT2D eigenvalue weighted by Gasteiger charge is 2.40. The molecule has 0 spiro atoms. The van der Waals surface area contributed by atoms with E-state index in [0.29, 0.717) is 42.9 Å². The number of hydrogen-bond donors (Lipinski definition) is 1. The number of piperazine rings is 1. The van der Waals surface area contributed by atoms with Gasteiger partial charge in [-0.15, -0.1) is 0 Å². The van der Waals surface area contributed by atoms with E-state index in [1.165, 1.54) is 4.31 Å². The number of nitrogens with zero attached hydrogens (tertiary/aromatic N) is 1. The van der Waals surface area contributed by atoms with E-state index in [2.05, 4.69) is 18.5 Å². The number of nitrogens with one attached hydrogen (secondary N) is 1. The third-order valence-corrected chi connectivity index (χ3v) is 7.42. The molecule has 0 aromatic heterocycles. The Balaban J connectivity index is 2.49. The van der Waals surface area contributed by atoms with Gasteiger partial charge in [-0.3, -0.25) is 4.79 Å². The molecule has 27 heavy (non-hydrogen) atoms. The Kier molecular flexibility index (Phi) is 6.14. The van der Waals surface area contributed by atoms with Crippen LogP contribution in [0.15, 0.2) is 60.3 Å². The van der Waals surface area contributed by atoms with Gasteiger partial charge in [-0.05, 0) is 19.4 Å². The second kappa shape index (κ2) is 7.70. The number of sulfonamides is 1. The van der Waals surface area contributed by atoms with Crippen LogP contribution in [0.1, 0.15) is 27.7 Å². The van der Waals surface area contributed by atoms with E-state index >= 15 is 0 Å². The largest absolute Gasteiger partial charge is 0.314 e. The molecule has 0 amide bonds. The lowest BCUT2D eigenvalue weighted by atomic mass is 9.84. The summed E-state index contributed by atoms with van der Waals surface area (Å²) in [4.78, 5) is 12.8. The molecule has 0 aromatic carbocycles. The summed E-state index contributed by atoms with van der Waals surface area (Å²) in [7, 11) is -3.62. The number of rotatable bonds is 5. The fourth-order valence-electron chi connectivity index (χ4n) is 3.03. The van der Waals surface area contributed by atoms with Gasteiger partial charge in [0.25, 0.3) is 0 Å². The highest BCUT2D eigenvalue weighted by atomic mass is 32.2. The molecule has 0 aromatic rings. The summed E-state index contributed by atoms with van der Waals surface area (Å²) in [5.41, 5.74) is 0.878. The van der Waals surface area contributed by atoms with Gasteiger partial charge in [0.1, 0.15) is 4.75 Å². The van der Waals surface area contributed by atoms with Gasteiger partial charge in [-0.25, -0.2) is 8.42 Å². The van der Waals surface area contributed by atoms with E-state index in [1.54, 1.807) is 32.1 Å². The lowest BCUT2D eigenvalue weighted by Gasteiger charge is -2.35. The van der Waals surface area contributed by atoms with Gasteiger partial charge in [-0.1, -0.05) is 57.4 Å². The van der Waals surface area contributed by atoms with Crippen LogP contribution in [0.25, 0.3) is 0 Å². The minimum absolute atomic E-state index is 0.232. The van der Waals surface area contributed by atoms with Crippen LogP contribution in [0.4, 0.5) is 0 Å². The van der Waals surface area contributed by atoms with Crippen LogP contribution < -0.4 is 5.32 Å². The monoisotopic (exact) mass is 390 g/mol. The maximum absolute atomic E-state index is 13.3. The summed E-state index contributed by atoms with van der Waals surface area (Å²) in [6, 6.07) is 0. The molecule has 0 saturated carbocycles. The minimum atomic E-state index is -3.62. The Morgan fingerprint density at radius 1 is 1.11 bits per heavy atom. The zero-order valence-corrected chi connectivity index (χ0v) is 17.5. The topological polar surface area (TPSA) is 66.5 Å². The number of Topliss-reactive ketones (excluding diaryl/α,β-unsaturated/α-hetero) is 1. The summed E-state index contributed by atoms with van der Waals surface area (Å²) in [5.74, 6) is -0.232. The molecule has 1 aliphatic carbocycles. The predicted octanol–water partition coefficient (Wildman–Crippen LogP) is 2.76. The van der Waals surface area contributed by atoms with Gasteiger partial charge in [-0.2, -0.15) is 4.31 Å². The Labute approximate surface area is 163 Å². The second-order valence-electron chi connectivity index (χ2n) is 8.01. The summed E-state index contributed by atoms with van der Waals surface area (Å²) < 4.78 is 26.9. The second-order valence-corrected chi connectivity index (χ2v) is 10.4. The number of carbonyl (C=O) groups excluding carboxylic acids is 1. The molecule has 1 heterocycles. The molecule has 148 valence electrons. The molecule has 5 nitrogen and oxygen atoms in total. The smallest absolute Gasteiger partial charge is 0.226 e. The molecule has 0 bridgehead atoms. The van der Waals surface area contributed by atoms with Crippen LogP contribution >= 0.6 is 0 Å². The van der Waals surface area contributed by atoms with Gasteiger partial charge in [0.05, 0.1) is 0 Å². The average molecular weight is 391 g/mol. The Morgan fingerprint density at radius 3 is 2.26 bits per heavy atom. The van der Waals surface area contributed by atoms with Crippen molar-refractivity contribution < 1.29 is 13.2 Å². The number of hydrogen-bond acceptors (Lipinski definition) is 4. The minimum Gasteiger partial charge on any atom is -0.314 e. The lowest BCUT2D eigenvalue weighted by Crippen LogP contribution is -2.52. The first-order chi connectivity index (χ1) is 12.4. The van der Waals surface area contributed by atoms with Crippen LogP contribution in [0.5, 0.6) is 0 Å². The van der Waals surface area contributed by atoms with Gasteiger partial charge >= 0.3 is 0 Å². The van der Waals surface area contributed by atoms with Crippen LogP contribution in [0.3, 0.4) is 0 Å². The van der Waals surface area contributed by atoms with Crippen molar-refractivity contribution in [2.45, 2.75) is 32.4 Å². The molecule has 1 unspecified atom stereocenters. The van der Waals surface area contributed by atoms with Crippen molar-refractivity contribution in [1.29, 1.82) is 0 Å². The maximum atomic E-state index is 13.3. The van der Waals surface area contributed by atoms with Crippen molar-refractivity contribution in [1.82, 2.24) is 9.62 Å². The quantitative estimate of drug-likeness (QED) is 0.445. The Hall–Kier alpha value is -1.76. The predicted molar refractivity (Wildman–Crippen MR) is 111 cm³/mol. The van der Waals surface area contributed by atoms with E-state index in [9.17, 15) is 13.2 Å². The fraction of sp³-hybridized carbons (Fsp3) is 0.476. The zero-order valence-electron chi connectivity index (χ0n) is 16.7. The summed E-state index contributed by atoms with van der Waals surface area (Å²) in [5, 5.41) is 3.17. The normalized spacial score (nSPS) is 30.3. The fourth-order valence-corrected chi connectivity index (χ4v) is 4.73. The molecular weight excluding hydrogens is 360 g/mol. The van der Waals surface area contributed by atoms with Crippen molar-refractivity contribution in [3.63, 3.8) is 0 Å². The van der Waals surface area contributed by atoms with Gasteiger partial charge < -0.3 is 5.32 Å². The molecule has 0 radical (unpaired) electrons. The molecule has 2 aliphatic rings. The number of carbonyl (C=O) groups is 1. The molecule has 1 aliphatic heterocycles. The highest BCUT2D eigenvalue weighted by molar-refractivity contribution is 7.90. The molecule has 6 heteroatoms. The molecule has 1 atom stereocenters. The van der Waals surface area contributed by atoms with E-state index in [4.69, 9.17) is 0 Å². The van der Waals surface area contributed by atoms with Gasteiger partial charge in [0.15, 0.2) is 5.78 Å². The first-order valence-electron chi connectivity index (χ1n) is 9.12.